The average molecular weight is 362 g/mol. The molecule has 1 aliphatic heterocycles. The summed E-state index contributed by atoms with van der Waals surface area (Å²) in [4.78, 5) is 14.1. The second-order valence-electron chi connectivity index (χ2n) is 5.71. The number of amides is 1. The molecular formula is C16H25ClFN3OS. The zero-order chi connectivity index (χ0) is 15.9. The Labute approximate surface area is 147 Å². The van der Waals surface area contributed by atoms with E-state index in [0.717, 1.165) is 31.0 Å². The Balaban J connectivity index is 0.00000264. The Morgan fingerprint density at radius 1 is 1.48 bits per heavy atom. The zero-order valence-electron chi connectivity index (χ0n) is 13.3. The average Bonchev–Trinajstić information content (AvgIpc) is 2.99. The van der Waals surface area contributed by atoms with Crippen LogP contribution < -0.4 is 16.0 Å². The summed E-state index contributed by atoms with van der Waals surface area (Å²) in [6.07, 6.45) is 3.74. The van der Waals surface area contributed by atoms with Crippen LogP contribution in [0.1, 0.15) is 12.8 Å². The van der Waals surface area contributed by atoms with E-state index in [4.69, 9.17) is 5.73 Å². The highest BCUT2D eigenvalue weighted by molar-refractivity contribution is 7.98. The van der Waals surface area contributed by atoms with Crippen LogP contribution in [-0.4, -0.2) is 43.6 Å². The van der Waals surface area contributed by atoms with Gasteiger partial charge in [-0.25, -0.2) is 4.39 Å². The van der Waals surface area contributed by atoms with Gasteiger partial charge in [0.25, 0.3) is 0 Å². The maximum atomic E-state index is 12.9. The van der Waals surface area contributed by atoms with Gasteiger partial charge in [0.05, 0.1) is 6.04 Å². The number of carbonyl (C=O) groups is 1. The first-order chi connectivity index (χ1) is 10.6. The summed E-state index contributed by atoms with van der Waals surface area (Å²) in [7, 11) is 0. The molecule has 1 fully saturated rings. The fraction of sp³-hybridized carbons (Fsp3) is 0.562. The first kappa shape index (κ1) is 20.1. The molecule has 4 nitrogen and oxygen atoms in total. The molecule has 23 heavy (non-hydrogen) atoms. The van der Waals surface area contributed by atoms with Gasteiger partial charge in [-0.15, -0.1) is 12.4 Å². The quantitative estimate of drug-likeness (QED) is 0.782. The van der Waals surface area contributed by atoms with Crippen LogP contribution in [0.15, 0.2) is 24.3 Å². The van der Waals surface area contributed by atoms with Gasteiger partial charge in [0.1, 0.15) is 5.82 Å². The Morgan fingerprint density at radius 2 is 2.17 bits per heavy atom. The third-order valence-corrected chi connectivity index (χ3v) is 4.66. The number of hydrogen-bond donors (Lipinski definition) is 2. The van der Waals surface area contributed by atoms with Gasteiger partial charge in [-0.05, 0) is 55.0 Å². The van der Waals surface area contributed by atoms with E-state index in [9.17, 15) is 9.18 Å². The predicted octanol–water partition coefficient (Wildman–Crippen LogP) is 2.27. The summed E-state index contributed by atoms with van der Waals surface area (Å²) in [5, 5.41) is 2.95. The monoisotopic (exact) mass is 361 g/mol. The van der Waals surface area contributed by atoms with Crippen molar-refractivity contribution < 1.29 is 9.18 Å². The summed E-state index contributed by atoms with van der Waals surface area (Å²) >= 11 is 1.70. The number of nitrogens with two attached hydrogens (primary N) is 1. The number of carbonyl (C=O) groups excluding carboxylic acids is 1. The molecule has 1 heterocycles. The fourth-order valence-corrected chi connectivity index (χ4v) is 3.13. The number of nitrogens with zero attached hydrogens (tertiary/aromatic N) is 1. The molecule has 1 aromatic rings. The lowest BCUT2D eigenvalue weighted by Crippen LogP contribution is -2.43. The Hall–Kier alpha value is -0.980. The van der Waals surface area contributed by atoms with Crippen molar-refractivity contribution in [2.24, 2.45) is 11.7 Å². The van der Waals surface area contributed by atoms with Crippen molar-refractivity contribution in [2.75, 3.05) is 36.5 Å². The van der Waals surface area contributed by atoms with Crippen molar-refractivity contribution >= 4 is 35.8 Å². The van der Waals surface area contributed by atoms with Crippen molar-refractivity contribution in [2.45, 2.75) is 18.9 Å². The van der Waals surface area contributed by atoms with E-state index >= 15 is 0 Å². The molecule has 0 aliphatic carbocycles. The second kappa shape index (κ2) is 10.0. The third kappa shape index (κ3) is 6.20. The summed E-state index contributed by atoms with van der Waals surface area (Å²) in [6.45, 7) is 2.47. The molecule has 0 saturated carbocycles. The van der Waals surface area contributed by atoms with Gasteiger partial charge in [0, 0.05) is 25.3 Å². The SMILES string of the molecule is CSCC[C@H](N)C(=O)NCC1CCN(c2ccc(F)cc2)C1.Cl. The van der Waals surface area contributed by atoms with E-state index in [0.29, 0.717) is 18.9 Å². The molecule has 2 atom stereocenters. The molecule has 1 unspecified atom stereocenters. The lowest BCUT2D eigenvalue weighted by Gasteiger charge is -2.19. The summed E-state index contributed by atoms with van der Waals surface area (Å²) in [5.41, 5.74) is 6.88. The standard InChI is InChI=1S/C16H24FN3OS.ClH/c1-22-9-7-15(18)16(21)19-10-12-6-8-20(11-12)14-4-2-13(17)3-5-14;/h2-5,12,15H,6-11,18H2,1H3,(H,19,21);1H/t12?,15-;/m0./s1. The smallest absolute Gasteiger partial charge is 0.236 e. The van der Waals surface area contributed by atoms with Gasteiger partial charge in [-0.3, -0.25) is 4.79 Å². The number of nitrogens with one attached hydrogen (secondary N) is 1. The maximum Gasteiger partial charge on any atom is 0.236 e. The molecule has 1 amide bonds. The van der Waals surface area contributed by atoms with Crippen molar-refractivity contribution in [1.29, 1.82) is 0 Å². The number of anilines is 1. The van der Waals surface area contributed by atoms with Gasteiger partial charge in [0.15, 0.2) is 0 Å². The molecule has 3 N–H and O–H groups in total. The second-order valence-corrected chi connectivity index (χ2v) is 6.70. The molecule has 2 rings (SSSR count). The molecule has 1 aliphatic rings. The Kier molecular flexibility index (Phi) is 8.73. The zero-order valence-corrected chi connectivity index (χ0v) is 15.0. The highest BCUT2D eigenvalue weighted by Gasteiger charge is 2.24. The molecule has 0 aromatic heterocycles. The lowest BCUT2D eigenvalue weighted by molar-refractivity contribution is -0.122. The maximum absolute atomic E-state index is 12.9. The van der Waals surface area contributed by atoms with Crippen LogP contribution >= 0.6 is 24.2 Å². The highest BCUT2D eigenvalue weighted by atomic mass is 35.5. The molecule has 130 valence electrons. The summed E-state index contributed by atoms with van der Waals surface area (Å²) in [5.74, 6) is 1.04. The van der Waals surface area contributed by atoms with Gasteiger partial charge >= 0.3 is 0 Å². The molecular weight excluding hydrogens is 337 g/mol. The minimum absolute atomic E-state index is 0. The third-order valence-electron chi connectivity index (χ3n) is 4.01. The molecule has 0 bridgehead atoms. The number of hydrogen-bond acceptors (Lipinski definition) is 4. The normalized spacial score (nSPS) is 18.4. The van der Waals surface area contributed by atoms with E-state index < -0.39 is 6.04 Å². The van der Waals surface area contributed by atoms with E-state index in [2.05, 4.69) is 10.2 Å². The predicted molar refractivity (Wildman–Crippen MR) is 98.0 cm³/mol. The van der Waals surface area contributed by atoms with Crippen LogP contribution in [0.25, 0.3) is 0 Å². The molecule has 1 aromatic carbocycles. The highest BCUT2D eigenvalue weighted by Crippen LogP contribution is 2.23. The molecule has 0 radical (unpaired) electrons. The topological polar surface area (TPSA) is 58.4 Å². The van der Waals surface area contributed by atoms with Crippen molar-refractivity contribution in [3.63, 3.8) is 0 Å². The van der Waals surface area contributed by atoms with Crippen LogP contribution in [-0.2, 0) is 4.79 Å². The minimum atomic E-state index is -0.415. The largest absolute Gasteiger partial charge is 0.371 e. The number of benzene rings is 1. The Morgan fingerprint density at radius 3 is 2.83 bits per heavy atom. The van der Waals surface area contributed by atoms with E-state index in [1.807, 2.05) is 6.26 Å². The first-order valence-electron chi connectivity index (χ1n) is 7.63. The van der Waals surface area contributed by atoms with Crippen molar-refractivity contribution in [1.82, 2.24) is 5.32 Å². The van der Waals surface area contributed by atoms with Crippen LogP contribution in [0, 0.1) is 11.7 Å². The van der Waals surface area contributed by atoms with Crippen molar-refractivity contribution in [3.05, 3.63) is 30.1 Å². The molecule has 0 spiro atoms. The van der Waals surface area contributed by atoms with Gasteiger partial charge in [-0.2, -0.15) is 11.8 Å². The number of halogens is 2. The van der Waals surface area contributed by atoms with Crippen LogP contribution in [0.4, 0.5) is 10.1 Å². The lowest BCUT2D eigenvalue weighted by atomic mass is 10.1. The minimum Gasteiger partial charge on any atom is -0.371 e. The fourth-order valence-electron chi connectivity index (χ4n) is 2.64. The summed E-state index contributed by atoms with van der Waals surface area (Å²) in [6, 6.07) is 6.15. The van der Waals surface area contributed by atoms with Gasteiger partial charge in [0.2, 0.25) is 5.91 Å². The molecule has 1 saturated heterocycles. The van der Waals surface area contributed by atoms with E-state index in [-0.39, 0.29) is 24.1 Å². The van der Waals surface area contributed by atoms with Gasteiger partial charge in [-0.1, -0.05) is 0 Å². The first-order valence-corrected chi connectivity index (χ1v) is 9.02. The van der Waals surface area contributed by atoms with Crippen LogP contribution in [0.2, 0.25) is 0 Å². The van der Waals surface area contributed by atoms with Gasteiger partial charge < -0.3 is 16.0 Å². The number of thioether (sulfide) groups is 1. The molecule has 7 heteroatoms. The number of rotatable bonds is 7. The summed E-state index contributed by atoms with van der Waals surface area (Å²) < 4.78 is 12.9. The van der Waals surface area contributed by atoms with E-state index in [1.165, 1.54) is 12.1 Å². The van der Waals surface area contributed by atoms with Crippen molar-refractivity contribution in [3.8, 4) is 0 Å². The van der Waals surface area contributed by atoms with E-state index in [1.54, 1.807) is 23.9 Å². The van der Waals surface area contributed by atoms with Crippen LogP contribution in [0.5, 0.6) is 0 Å². The van der Waals surface area contributed by atoms with Crippen LogP contribution in [0.3, 0.4) is 0 Å². The Bertz CT molecular complexity index is 489.